The minimum Gasteiger partial charge on any atom is -0.489 e. The summed E-state index contributed by atoms with van der Waals surface area (Å²) < 4.78 is 19.4. The Morgan fingerprint density at radius 2 is 1.69 bits per heavy atom. The van der Waals surface area contributed by atoms with Crippen LogP contribution in [0.1, 0.15) is 16.7 Å². The van der Waals surface area contributed by atoms with Gasteiger partial charge in [0.25, 0.3) is 0 Å². The van der Waals surface area contributed by atoms with Crippen molar-refractivity contribution in [3.63, 3.8) is 0 Å². The summed E-state index contributed by atoms with van der Waals surface area (Å²) in [5, 5.41) is 16.2. The van der Waals surface area contributed by atoms with Crippen LogP contribution in [-0.4, -0.2) is 22.1 Å². The zero-order chi connectivity index (χ0) is 24.2. The number of nitrogens with one attached hydrogen (secondary N) is 2. The van der Waals surface area contributed by atoms with Crippen molar-refractivity contribution in [1.29, 1.82) is 0 Å². The normalized spacial score (nSPS) is 12.1. The van der Waals surface area contributed by atoms with Crippen molar-refractivity contribution in [3.05, 3.63) is 114 Å². The predicted molar refractivity (Wildman–Crippen MR) is 135 cm³/mol. The highest BCUT2D eigenvalue weighted by Gasteiger charge is 2.21. The number of hydrogen-bond acceptors (Lipinski definition) is 3. The number of carboxylic acid groups (broad SMARTS) is 1. The fourth-order valence-corrected chi connectivity index (χ4v) is 4.37. The maximum Gasteiger partial charge on any atom is 0.321 e. The summed E-state index contributed by atoms with van der Waals surface area (Å²) in [5.41, 5.74) is 3.67. The molecule has 0 unspecified atom stereocenters. The van der Waals surface area contributed by atoms with Gasteiger partial charge >= 0.3 is 5.97 Å². The SMILES string of the molecule is O=C(O)[C@@H](Cc1c[nH]c2ccccc12)NCc1c(OCc2ccc(F)cc2)ccc2ccccc12. The van der Waals surface area contributed by atoms with Gasteiger partial charge in [-0.3, -0.25) is 10.1 Å². The second-order valence-electron chi connectivity index (χ2n) is 8.51. The number of hydrogen-bond donors (Lipinski definition) is 3. The van der Waals surface area contributed by atoms with E-state index in [1.165, 1.54) is 12.1 Å². The van der Waals surface area contributed by atoms with Crippen molar-refractivity contribution >= 4 is 27.6 Å². The fraction of sp³-hybridized carbons (Fsp3) is 0.138. The van der Waals surface area contributed by atoms with Gasteiger partial charge in [0.2, 0.25) is 0 Å². The molecule has 0 aliphatic heterocycles. The van der Waals surface area contributed by atoms with E-state index >= 15 is 0 Å². The number of para-hydroxylation sites is 1. The number of aromatic nitrogens is 1. The van der Waals surface area contributed by atoms with Crippen molar-refractivity contribution in [2.24, 2.45) is 0 Å². The fourth-order valence-electron chi connectivity index (χ4n) is 4.37. The van der Waals surface area contributed by atoms with E-state index in [-0.39, 0.29) is 12.4 Å². The first-order valence-corrected chi connectivity index (χ1v) is 11.5. The minimum atomic E-state index is -0.913. The van der Waals surface area contributed by atoms with Gasteiger partial charge < -0.3 is 14.8 Å². The summed E-state index contributed by atoms with van der Waals surface area (Å²) in [6, 6.07) is 25.1. The summed E-state index contributed by atoms with van der Waals surface area (Å²) in [4.78, 5) is 15.3. The molecule has 0 fully saturated rings. The predicted octanol–water partition coefficient (Wildman–Crippen LogP) is 5.82. The number of halogens is 1. The van der Waals surface area contributed by atoms with Gasteiger partial charge in [0.15, 0.2) is 0 Å². The van der Waals surface area contributed by atoms with Crippen LogP contribution in [0.15, 0.2) is 91.1 Å². The van der Waals surface area contributed by atoms with Crippen molar-refractivity contribution in [2.75, 3.05) is 0 Å². The highest BCUT2D eigenvalue weighted by molar-refractivity contribution is 5.88. The first-order valence-electron chi connectivity index (χ1n) is 11.5. The van der Waals surface area contributed by atoms with Gasteiger partial charge in [-0.15, -0.1) is 0 Å². The molecule has 0 amide bonds. The molecular weight excluding hydrogens is 443 g/mol. The van der Waals surface area contributed by atoms with Gasteiger partial charge in [-0.05, 0) is 46.2 Å². The molecule has 3 N–H and O–H groups in total. The van der Waals surface area contributed by atoms with Crippen LogP contribution in [-0.2, 0) is 24.4 Å². The lowest BCUT2D eigenvalue weighted by molar-refractivity contribution is -0.139. The van der Waals surface area contributed by atoms with Crippen LogP contribution in [0.3, 0.4) is 0 Å². The largest absolute Gasteiger partial charge is 0.489 e. The first kappa shape index (κ1) is 22.6. The summed E-state index contributed by atoms with van der Waals surface area (Å²) in [5.74, 6) is -0.541. The maximum absolute atomic E-state index is 13.3. The molecule has 0 aliphatic rings. The van der Waals surface area contributed by atoms with Gasteiger partial charge in [0.05, 0.1) is 0 Å². The summed E-state index contributed by atoms with van der Waals surface area (Å²) in [6.07, 6.45) is 2.22. The van der Waals surface area contributed by atoms with Crippen molar-refractivity contribution < 1.29 is 19.0 Å². The third kappa shape index (κ3) is 5.03. The number of aliphatic carboxylic acids is 1. The number of aromatic amines is 1. The van der Waals surface area contributed by atoms with E-state index in [4.69, 9.17) is 4.74 Å². The smallest absolute Gasteiger partial charge is 0.321 e. The molecular formula is C29H25FN2O3. The zero-order valence-corrected chi connectivity index (χ0v) is 19.0. The Kier molecular flexibility index (Phi) is 6.46. The molecule has 4 aromatic carbocycles. The van der Waals surface area contributed by atoms with Crippen LogP contribution in [0.4, 0.5) is 4.39 Å². The van der Waals surface area contributed by atoms with E-state index in [1.807, 2.05) is 66.9 Å². The molecule has 1 atom stereocenters. The van der Waals surface area contributed by atoms with E-state index in [1.54, 1.807) is 12.1 Å². The molecule has 0 saturated heterocycles. The Bertz CT molecular complexity index is 1480. The van der Waals surface area contributed by atoms with Crippen LogP contribution in [0.5, 0.6) is 5.75 Å². The number of fused-ring (bicyclic) bond motifs is 2. The highest BCUT2D eigenvalue weighted by atomic mass is 19.1. The monoisotopic (exact) mass is 468 g/mol. The summed E-state index contributed by atoms with van der Waals surface area (Å²) >= 11 is 0. The molecule has 6 heteroatoms. The molecule has 1 heterocycles. The highest BCUT2D eigenvalue weighted by Crippen LogP contribution is 2.29. The van der Waals surface area contributed by atoms with E-state index in [9.17, 15) is 14.3 Å². The Balaban J connectivity index is 1.39. The molecule has 0 saturated carbocycles. The molecule has 35 heavy (non-hydrogen) atoms. The Hall–Kier alpha value is -4.16. The van der Waals surface area contributed by atoms with Gasteiger partial charge in [0.1, 0.15) is 24.2 Å². The molecule has 0 radical (unpaired) electrons. The van der Waals surface area contributed by atoms with Crippen LogP contribution < -0.4 is 10.1 Å². The van der Waals surface area contributed by atoms with Gasteiger partial charge in [-0.25, -0.2) is 4.39 Å². The third-order valence-electron chi connectivity index (χ3n) is 6.23. The molecule has 5 rings (SSSR count). The van der Waals surface area contributed by atoms with E-state index in [2.05, 4.69) is 10.3 Å². The van der Waals surface area contributed by atoms with E-state index in [0.29, 0.717) is 18.7 Å². The zero-order valence-electron chi connectivity index (χ0n) is 19.0. The van der Waals surface area contributed by atoms with Crippen LogP contribution >= 0.6 is 0 Å². The quantitative estimate of drug-likeness (QED) is 0.255. The molecule has 5 aromatic rings. The van der Waals surface area contributed by atoms with Gasteiger partial charge in [0, 0.05) is 35.6 Å². The molecule has 176 valence electrons. The molecule has 5 nitrogen and oxygen atoms in total. The Morgan fingerprint density at radius 1 is 0.943 bits per heavy atom. The van der Waals surface area contributed by atoms with E-state index in [0.717, 1.165) is 38.4 Å². The summed E-state index contributed by atoms with van der Waals surface area (Å²) in [6.45, 7) is 0.600. The first-order chi connectivity index (χ1) is 17.1. The maximum atomic E-state index is 13.3. The van der Waals surface area contributed by atoms with Crippen LogP contribution in [0, 0.1) is 5.82 Å². The van der Waals surface area contributed by atoms with Gasteiger partial charge in [-0.1, -0.05) is 60.7 Å². The van der Waals surface area contributed by atoms with Gasteiger partial charge in [-0.2, -0.15) is 0 Å². The van der Waals surface area contributed by atoms with Crippen LogP contribution in [0.25, 0.3) is 21.7 Å². The minimum absolute atomic E-state index is 0.281. The number of carbonyl (C=O) groups is 1. The average molecular weight is 469 g/mol. The number of H-pyrrole nitrogens is 1. The lowest BCUT2D eigenvalue weighted by Gasteiger charge is -2.18. The molecule has 1 aromatic heterocycles. The standard InChI is InChI=1S/C29H25FN2O3/c30-22-12-9-19(10-13-22)18-35-28-14-11-20-5-1-2-6-23(20)25(28)17-32-27(29(33)34)15-21-16-31-26-8-4-3-7-24(21)26/h1-14,16,27,31-32H,15,17-18H2,(H,33,34)/t27-/m1/s1. The lowest BCUT2D eigenvalue weighted by atomic mass is 10.0. The van der Waals surface area contributed by atoms with Crippen molar-refractivity contribution in [2.45, 2.75) is 25.6 Å². The van der Waals surface area contributed by atoms with Crippen molar-refractivity contribution in [1.82, 2.24) is 10.3 Å². The number of benzene rings is 4. The van der Waals surface area contributed by atoms with E-state index < -0.39 is 12.0 Å². The Morgan fingerprint density at radius 3 is 2.49 bits per heavy atom. The third-order valence-corrected chi connectivity index (χ3v) is 6.23. The molecule has 0 aliphatic carbocycles. The number of carboxylic acids is 1. The number of ether oxygens (including phenoxy) is 1. The Labute approximate surface area is 202 Å². The number of rotatable bonds is 9. The molecule has 0 bridgehead atoms. The molecule has 0 spiro atoms. The van der Waals surface area contributed by atoms with Crippen LogP contribution in [0.2, 0.25) is 0 Å². The second kappa shape index (κ2) is 9.99. The topological polar surface area (TPSA) is 74.3 Å². The second-order valence-corrected chi connectivity index (χ2v) is 8.51. The summed E-state index contributed by atoms with van der Waals surface area (Å²) in [7, 11) is 0. The van der Waals surface area contributed by atoms with Crippen molar-refractivity contribution in [3.8, 4) is 5.75 Å². The average Bonchev–Trinajstić information content (AvgIpc) is 3.29. The lowest BCUT2D eigenvalue weighted by Crippen LogP contribution is -2.38.